The number of fused-ring (bicyclic) bond motifs is 1. The minimum absolute atomic E-state index is 0.337. The molecule has 0 aromatic heterocycles. The van der Waals surface area contributed by atoms with Crippen molar-refractivity contribution in [3.05, 3.63) is 0 Å². The summed E-state index contributed by atoms with van der Waals surface area (Å²) in [6.07, 6.45) is 9.01. The second-order valence-corrected chi connectivity index (χ2v) is 7.40. The highest BCUT2D eigenvalue weighted by Gasteiger charge is 2.59. The van der Waals surface area contributed by atoms with E-state index in [1.165, 1.54) is 38.5 Å². The van der Waals surface area contributed by atoms with E-state index < -0.39 is 0 Å². The fraction of sp³-hybridized carbons (Fsp3) is 1.00. The van der Waals surface area contributed by atoms with Crippen LogP contribution in [0.1, 0.15) is 59.3 Å². The minimum atomic E-state index is 0.337. The van der Waals surface area contributed by atoms with E-state index in [0.29, 0.717) is 23.6 Å². The zero-order valence-electron chi connectivity index (χ0n) is 12.2. The zero-order valence-corrected chi connectivity index (χ0v) is 12.2. The van der Waals surface area contributed by atoms with Crippen molar-refractivity contribution in [1.29, 1.82) is 0 Å². The molecule has 2 heteroatoms. The van der Waals surface area contributed by atoms with Crippen LogP contribution in [0.3, 0.4) is 0 Å². The summed E-state index contributed by atoms with van der Waals surface area (Å²) in [4.78, 5) is 0. The van der Waals surface area contributed by atoms with Crippen molar-refractivity contribution >= 4 is 0 Å². The molecular formula is C16H29NO. The lowest BCUT2D eigenvalue weighted by Crippen LogP contribution is -2.67. The standard InChI is InChI=1S/C16H29NO/c1-11(12-7-5-4-6-8-12)17-14-13-9-10-18-15(13)16(14,2)3/h11-15,17H,4-10H2,1-3H3/t11-,13?,14?,15?/m0/s1. The lowest BCUT2D eigenvalue weighted by Gasteiger charge is -2.56. The Kier molecular flexibility index (Phi) is 3.44. The molecule has 0 aromatic carbocycles. The highest BCUT2D eigenvalue weighted by atomic mass is 16.5. The lowest BCUT2D eigenvalue weighted by atomic mass is 9.57. The van der Waals surface area contributed by atoms with E-state index >= 15 is 0 Å². The molecule has 1 aliphatic heterocycles. The summed E-state index contributed by atoms with van der Waals surface area (Å²) in [7, 11) is 0. The summed E-state index contributed by atoms with van der Waals surface area (Å²) < 4.78 is 5.88. The van der Waals surface area contributed by atoms with Gasteiger partial charge in [-0.15, -0.1) is 0 Å². The summed E-state index contributed by atoms with van der Waals surface area (Å²) >= 11 is 0. The molecule has 3 fully saturated rings. The third kappa shape index (κ3) is 2.02. The van der Waals surface area contributed by atoms with Gasteiger partial charge in [-0.2, -0.15) is 0 Å². The van der Waals surface area contributed by atoms with Crippen LogP contribution < -0.4 is 5.32 Å². The SMILES string of the molecule is C[C@H](NC1C2CCOC2C1(C)C)C1CCCCC1. The molecule has 0 amide bonds. The largest absolute Gasteiger partial charge is 0.377 e. The van der Waals surface area contributed by atoms with Crippen molar-refractivity contribution < 1.29 is 4.74 Å². The first kappa shape index (κ1) is 12.9. The number of hydrogen-bond donors (Lipinski definition) is 1. The van der Waals surface area contributed by atoms with Crippen molar-refractivity contribution in [1.82, 2.24) is 5.32 Å². The second kappa shape index (κ2) is 4.79. The maximum Gasteiger partial charge on any atom is 0.0685 e. The van der Waals surface area contributed by atoms with Gasteiger partial charge in [-0.3, -0.25) is 0 Å². The average Bonchev–Trinajstić information content (AvgIpc) is 2.83. The van der Waals surface area contributed by atoms with E-state index in [1.54, 1.807) is 0 Å². The van der Waals surface area contributed by atoms with E-state index in [1.807, 2.05) is 0 Å². The molecule has 104 valence electrons. The second-order valence-electron chi connectivity index (χ2n) is 7.40. The first-order valence-corrected chi connectivity index (χ1v) is 7.98. The van der Waals surface area contributed by atoms with Gasteiger partial charge in [0.2, 0.25) is 0 Å². The van der Waals surface area contributed by atoms with Gasteiger partial charge in [-0.25, -0.2) is 0 Å². The highest BCUT2D eigenvalue weighted by Crippen LogP contribution is 2.52. The number of hydrogen-bond acceptors (Lipinski definition) is 2. The van der Waals surface area contributed by atoms with E-state index in [2.05, 4.69) is 26.1 Å². The summed E-state index contributed by atoms with van der Waals surface area (Å²) in [6.45, 7) is 8.15. The van der Waals surface area contributed by atoms with E-state index in [0.717, 1.165) is 18.4 Å². The predicted molar refractivity (Wildman–Crippen MR) is 74.6 cm³/mol. The van der Waals surface area contributed by atoms with Gasteiger partial charge in [0, 0.05) is 30.0 Å². The van der Waals surface area contributed by atoms with Gasteiger partial charge in [0.1, 0.15) is 0 Å². The van der Waals surface area contributed by atoms with Gasteiger partial charge in [-0.1, -0.05) is 33.1 Å². The molecule has 3 rings (SSSR count). The third-order valence-electron chi connectivity index (χ3n) is 5.90. The Morgan fingerprint density at radius 3 is 2.56 bits per heavy atom. The smallest absolute Gasteiger partial charge is 0.0685 e. The number of nitrogens with one attached hydrogen (secondary N) is 1. The van der Waals surface area contributed by atoms with Crippen molar-refractivity contribution in [2.24, 2.45) is 17.3 Å². The van der Waals surface area contributed by atoms with Gasteiger partial charge < -0.3 is 10.1 Å². The molecule has 3 aliphatic rings. The zero-order chi connectivity index (χ0) is 12.8. The Morgan fingerprint density at radius 1 is 1.11 bits per heavy atom. The molecule has 2 saturated carbocycles. The van der Waals surface area contributed by atoms with Crippen molar-refractivity contribution in [2.45, 2.75) is 77.5 Å². The van der Waals surface area contributed by atoms with Crippen molar-refractivity contribution in [3.63, 3.8) is 0 Å². The number of rotatable bonds is 3. The van der Waals surface area contributed by atoms with Crippen LogP contribution in [-0.4, -0.2) is 24.8 Å². The molecule has 2 aliphatic carbocycles. The molecule has 1 saturated heterocycles. The van der Waals surface area contributed by atoms with Crippen LogP contribution in [0.2, 0.25) is 0 Å². The lowest BCUT2D eigenvalue weighted by molar-refractivity contribution is -0.116. The Morgan fingerprint density at radius 2 is 1.83 bits per heavy atom. The molecule has 3 unspecified atom stereocenters. The summed E-state index contributed by atoms with van der Waals surface area (Å²) in [6, 6.07) is 1.37. The molecule has 0 bridgehead atoms. The van der Waals surface area contributed by atoms with Crippen LogP contribution in [0.4, 0.5) is 0 Å². The maximum atomic E-state index is 5.88. The summed E-state index contributed by atoms with van der Waals surface area (Å²) in [5, 5.41) is 3.97. The maximum absolute atomic E-state index is 5.88. The van der Waals surface area contributed by atoms with Gasteiger partial charge in [-0.05, 0) is 32.1 Å². The first-order valence-electron chi connectivity index (χ1n) is 7.98. The molecule has 0 radical (unpaired) electrons. The fourth-order valence-electron chi connectivity index (χ4n) is 4.72. The van der Waals surface area contributed by atoms with Crippen molar-refractivity contribution in [3.8, 4) is 0 Å². The van der Waals surface area contributed by atoms with Crippen LogP contribution in [-0.2, 0) is 4.74 Å². The molecular weight excluding hydrogens is 222 g/mol. The quantitative estimate of drug-likeness (QED) is 0.830. The monoisotopic (exact) mass is 251 g/mol. The number of ether oxygens (including phenoxy) is 1. The predicted octanol–water partition coefficient (Wildman–Crippen LogP) is 3.36. The van der Waals surface area contributed by atoms with E-state index in [-0.39, 0.29) is 0 Å². The fourth-order valence-corrected chi connectivity index (χ4v) is 4.72. The minimum Gasteiger partial charge on any atom is -0.377 e. The highest BCUT2D eigenvalue weighted by molar-refractivity contribution is 5.11. The van der Waals surface area contributed by atoms with E-state index in [4.69, 9.17) is 4.74 Å². The Hall–Kier alpha value is -0.0800. The van der Waals surface area contributed by atoms with Gasteiger partial charge >= 0.3 is 0 Å². The van der Waals surface area contributed by atoms with Crippen LogP contribution in [0.25, 0.3) is 0 Å². The molecule has 0 spiro atoms. The molecule has 1 N–H and O–H groups in total. The van der Waals surface area contributed by atoms with Crippen LogP contribution in [0, 0.1) is 17.3 Å². The molecule has 0 aromatic rings. The first-order chi connectivity index (χ1) is 8.60. The summed E-state index contributed by atoms with van der Waals surface area (Å²) in [5.41, 5.74) is 0.337. The third-order valence-corrected chi connectivity index (χ3v) is 5.90. The van der Waals surface area contributed by atoms with Gasteiger partial charge in [0.15, 0.2) is 0 Å². The van der Waals surface area contributed by atoms with Crippen LogP contribution >= 0.6 is 0 Å². The Labute approximate surface area is 112 Å². The Bertz CT molecular complexity index is 295. The van der Waals surface area contributed by atoms with Gasteiger partial charge in [0.05, 0.1) is 6.10 Å². The normalized spacial score (nSPS) is 41.2. The van der Waals surface area contributed by atoms with E-state index in [9.17, 15) is 0 Å². The van der Waals surface area contributed by atoms with Crippen LogP contribution in [0.5, 0.6) is 0 Å². The van der Waals surface area contributed by atoms with Crippen LogP contribution in [0.15, 0.2) is 0 Å². The molecule has 18 heavy (non-hydrogen) atoms. The van der Waals surface area contributed by atoms with Crippen molar-refractivity contribution in [2.75, 3.05) is 6.61 Å². The molecule has 2 nitrogen and oxygen atoms in total. The topological polar surface area (TPSA) is 21.3 Å². The average molecular weight is 251 g/mol. The molecule has 1 heterocycles. The summed E-state index contributed by atoms with van der Waals surface area (Å²) in [5.74, 6) is 1.70. The molecule has 4 atom stereocenters. The van der Waals surface area contributed by atoms with Gasteiger partial charge in [0.25, 0.3) is 0 Å². The Balaban J connectivity index is 1.58.